The van der Waals surface area contributed by atoms with Crippen LogP contribution in [0, 0.1) is 5.82 Å². The van der Waals surface area contributed by atoms with Gasteiger partial charge in [0.2, 0.25) is 5.75 Å². The summed E-state index contributed by atoms with van der Waals surface area (Å²) >= 11 is 0. The van der Waals surface area contributed by atoms with Crippen molar-refractivity contribution < 1.29 is 23.4 Å². The SMILES string of the molecule is CCOc1cc(C(=O)NC(C)c2ccc(F)cc2)cc(OCC)c1OCC. The Balaban J connectivity index is 2.29. The number of benzene rings is 2. The zero-order valence-corrected chi connectivity index (χ0v) is 16.2. The Morgan fingerprint density at radius 2 is 1.48 bits per heavy atom. The van der Waals surface area contributed by atoms with Crippen molar-refractivity contribution in [3.05, 3.63) is 53.3 Å². The van der Waals surface area contributed by atoms with Crippen molar-refractivity contribution in [1.29, 1.82) is 0 Å². The molecule has 27 heavy (non-hydrogen) atoms. The van der Waals surface area contributed by atoms with Crippen LogP contribution in [0.5, 0.6) is 17.2 Å². The second-order valence-corrected chi connectivity index (χ2v) is 5.85. The molecule has 0 aromatic heterocycles. The molecular formula is C21H26FNO4. The zero-order valence-electron chi connectivity index (χ0n) is 16.2. The molecule has 0 saturated carbocycles. The van der Waals surface area contributed by atoms with Gasteiger partial charge in [-0.1, -0.05) is 12.1 Å². The predicted octanol–water partition coefficient (Wildman–Crippen LogP) is 4.51. The minimum Gasteiger partial charge on any atom is -0.490 e. The smallest absolute Gasteiger partial charge is 0.252 e. The number of carbonyl (C=O) groups is 1. The van der Waals surface area contributed by atoms with Crippen LogP contribution >= 0.6 is 0 Å². The van der Waals surface area contributed by atoms with Gasteiger partial charge in [-0.3, -0.25) is 4.79 Å². The van der Waals surface area contributed by atoms with Crippen LogP contribution in [0.1, 0.15) is 49.7 Å². The van der Waals surface area contributed by atoms with Crippen LogP contribution in [0.4, 0.5) is 4.39 Å². The van der Waals surface area contributed by atoms with Crippen molar-refractivity contribution in [2.45, 2.75) is 33.7 Å². The molecule has 1 unspecified atom stereocenters. The molecule has 1 amide bonds. The number of hydrogen-bond acceptors (Lipinski definition) is 4. The lowest BCUT2D eigenvalue weighted by molar-refractivity contribution is 0.0938. The molecule has 0 heterocycles. The molecular weight excluding hydrogens is 349 g/mol. The Bertz CT molecular complexity index is 734. The van der Waals surface area contributed by atoms with Gasteiger partial charge in [-0.05, 0) is 57.5 Å². The highest BCUT2D eigenvalue weighted by molar-refractivity contribution is 5.95. The van der Waals surface area contributed by atoms with E-state index in [1.165, 1.54) is 12.1 Å². The van der Waals surface area contributed by atoms with Gasteiger partial charge < -0.3 is 19.5 Å². The highest BCUT2D eigenvalue weighted by Gasteiger charge is 2.19. The Labute approximate surface area is 159 Å². The average Bonchev–Trinajstić information content (AvgIpc) is 2.65. The summed E-state index contributed by atoms with van der Waals surface area (Å²) in [6.45, 7) is 8.75. The fraction of sp³-hybridized carbons (Fsp3) is 0.381. The second kappa shape index (κ2) is 9.80. The van der Waals surface area contributed by atoms with Crippen LogP contribution in [0.25, 0.3) is 0 Å². The summed E-state index contributed by atoms with van der Waals surface area (Å²) in [5, 5.41) is 2.91. The van der Waals surface area contributed by atoms with Crippen molar-refractivity contribution in [3.8, 4) is 17.2 Å². The van der Waals surface area contributed by atoms with Crippen molar-refractivity contribution in [2.24, 2.45) is 0 Å². The molecule has 0 saturated heterocycles. The number of carbonyl (C=O) groups excluding carboxylic acids is 1. The number of halogens is 1. The van der Waals surface area contributed by atoms with Crippen LogP contribution in [-0.2, 0) is 0 Å². The number of hydrogen-bond donors (Lipinski definition) is 1. The molecule has 1 atom stereocenters. The summed E-state index contributed by atoms with van der Waals surface area (Å²) in [4.78, 5) is 12.7. The minimum atomic E-state index is -0.313. The zero-order chi connectivity index (χ0) is 19.8. The van der Waals surface area contributed by atoms with Gasteiger partial charge in [-0.15, -0.1) is 0 Å². The molecule has 0 aliphatic carbocycles. The maximum absolute atomic E-state index is 13.1. The van der Waals surface area contributed by atoms with E-state index in [2.05, 4.69) is 5.32 Å². The first-order valence-corrected chi connectivity index (χ1v) is 9.12. The summed E-state index contributed by atoms with van der Waals surface area (Å²) in [7, 11) is 0. The summed E-state index contributed by atoms with van der Waals surface area (Å²) < 4.78 is 30.0. The molecule has 2 aromatic rings. The van der Waals surface area contributed by atoms with Gasteiger partial charge in [0, 0.05) is 5.56 Å². The Kier molecular flexibility index (Phi) is 7.46. The molecule has 5 nitrogen and oxygen atoms in total. The van der Waals surface area contributed by atoms with E-state index in [1.807, 2.05) is 27.7 Å². The maximum atomic E-state index is 13.1. The molecule has 0 bridgehead atoms. The van der Waals surface area contributed by atoms with Gasteiger partial charge in [-0.25, -0.2) is 4.39 Å². The quantitative estimate of drug-likeness (QED) is 0.700. The van der Waals surface area contributed by atoms with Gasteiger partial charge in [0.05, 0.1) is 25.9 Å². The summed E-state index contributed by atoms with van der Waals surface area (Å²) in [6.07, 6.45) is 0. The van der Waals surface area contributed by atoms with Crippen molar-refractivity contribution >= 4 is 5.91 Å². The van der Waals surface area contributed by atoms with Crippen LogP contribution < -0.4 is 19.5 Å². The van der Waals surface area contributed by atoms with Gasteiger partial charge >= 0.3 is 0 Å². The lowest BCUT2D eigenvalue weighted by atomic mass is 10.1. The average molecular weight is 375 g/mol. The van der Waals surface area contributed by atoms with Crippen LogP contribution in [0.2, 0.25) is 0 Å². The highest BCUT2D eigenvalue weighted by Crippen LogP contribution is 2.39. The Hall–Kier alpha value is -2.76. The van der Waals surface area contributed by atoms with E-state index in [0.29, 0.717) is 42.6 Å². The van der Waals surface area contributed by atoms with Crippen LogP contribution in [0.3, 0.4) is 0 Å². The third kappa shape index (κ3) is 5.36. The van der Waals surface area contributed by atoms with E-state index in [9.17, 15) is 9.18 Å². The fourth-order valence-electron chi connectivity index (χ4n) is 2.63. The molecule has 0 spiro atoms. The molecule has 0 aliphatic heterocycles. The molecule has 2 rings (SSSR count). The number of amides is 1. The van der Waals surface area contributed by atoms with Crippen molar-refractivity contribution in [3.63, 3.8) is 0 Å². The standard InChI is InChI=1S/C21H26FNO4/c1-5-25-18-12-16(13-19(26-6-2)20(18)27-7-3)21(24)23-14(4)15-8-10-17(22)11-9-15/h8-14H,5-7H2,1-4H3,(H,23,24). The van der Waals surface area contributed by atoms with E-state index in [0.717, 1.165) is 5.56 Å². The first kappa shape index (κ1) is 20.6. The summed E-state index contributed by atoms with van der Waals surface area (Å²) in [6, 6.07) is 9.04. The van der Waals surface area contributed by atoms with Gasteiger partial charge in [0.1, 0.15) is 5.82 Å². The number of nitrogens with one attached hydrogen (secondary N) is 1. The highest BCUT2D eigenvalue weighted by atomic mass is 19.1. The first-order chi connectivity index (χ1) is 13.0. The minimum absolute atomic E-state index is 0.281. The molecule has 146 valence electrons. The monoisotopic (exact) mass is 375 g/mol. The molecule has 6 heteroatoms. The second-order valence-electron chi connectivity index (χ2n) is 5.85. The molecule has 0 fully saturated rings. The lowest BCUT2D eigenvalue weighted by Gasteiger charge is -2.18. The van der Waals surface area contributed by atoms with Gasteiger partial charge in [-0.2, -0.15) is 0 Å². The van der Waals surface area contributed by atoms with E-state index < -0.39 is 0 Å². The van der Waals surface area contributed by atoms with Gasteiger partial charge in [0.15, 0.2) is 11.5 Å². The number of ether oxygens (including phenoxy) is 3. The molecule has 1 N–H and O–H groups in total. The Morgan fingerprint density at radius 3 is 1.96 bits per heavy atom. The first-order valence-electron chi connectivity index (χ1n) is 9.12. The van der Waals surface area contributed by atoms with Crippen molar-refractivity contribution in [1.82, 2.24) is 5.32 Å². The van der Waals surface area contributed by atoms with Crippen LogP contribution in [-0.4, -0.2) is 25.7 Å². The van der Waals surface area contributed by atoms with E-state index in [-0.39, 0.29) is 17.8 Å². The van der Waals surface area contributed by atoms with Crippen molar-refractivity contribution in [2.75, 3.05) is 19.8 Å². The fourth-order valence-corrected chi connectivity index (χ4v) is 2.63. The van der Waals surface area contributed by atoms with Crippen LogP contribution in [0.15, 0.2) is 36.4 Å². The maximum Gasteiger partial charge on any atom is 0.252 e. The third-order valence-electron chi connectivity index (χ3n) is 3.89. The topological polar surface area (TPSA) is 56.8 Å². The largest absolute Gasteiger partial charge is 0.490 e. The predicted molar refractivity (Wildman–Crippen MR) is 102 cm³/mol. The van der Waals surface area contributed by atoms with E-state index in [1.54, 1.807) is 24.3 Å². The summed E-state index contributed by atoms with van der Waals surface area (Å²) in [5.74, 6) is 0.822. The molecule has 2 aromatic carbocycles. The van der Waals surface area contributed by atoms with E-state index >= 15 is 0 Å². The van der Waals surface area contributed by atoms with E-state index in [4.69, 9.17) is 14.2 Å². The molecule has 0 aliphatic rings. The van der Waals surface area contributed by atoms with Gasteiger partial charge in [0.25, 0.3) is 5.91 Å². The third-order valence-corrected chi connectivity index (χ3v) is 3.89. The summed E-state index contributed by atoms with van der Waals surface area (Å²) in [5.41, 5.74) is 1.21. The normalized spacial score (nSPS) is 11.6. The Morgan fingerprint density at radius 1 is 0.963 bits per heavy atom. The molecule has 0 radical (unpaired) electrons. The lowest BCUT2D eigenvalue weighted by Crippen LogP contribution is -2.26. The number of rotatable bonds is 9.